The molecule has 0 unspecified atom stereocenters. The summed E-state index contributed by atoms with van der Waals surface area (Å²) in [7, 11) is 0. The Morgan fingerprint density at radius 1 is 0.273 bits per heavy atom. The molecule has 0 saturated heterocycles. The van der Waals surface area contributed by atoms with Gasteiger partial charge < -0.3 is 14.0 Å². The lowest BCUT2D eigenvalue weighted by molar-refractivity contribution is 1.16. The van der Waals surface area contributed by atoms with E-state index in [0.717, 1.165) is 28.4 Å². The standard InChI is InChI=1S/C52H35N3/c1-2-13-38-34-39(25-24-36(38)12-1)37-26-28-40(29-27-37)53(41-30-32-42(33-31-41)54-49-20-7-3-16-45(49)46-17-4-8-21-50(46)54)43-14-11-15-44(35-43)55-51-22-9-5-18-47(51)48-19-6-10-23-52(48)55/h1-35H. The molecule has 0 atom stereocenters. The molecule has 0 aliphatic heterocycles. The fourth-order valence-corrected chi connectivity index (χ4v) is 8.54. The van der Waals surface area contributed by atoms with Crippen molar-refractivity contribution in [3.8, 4) is 22.5 Å². The van der Waals surface area contributed by atoms with Crippen LogP contribution in [0.1, 0.15) is 0 Å². The number of nitrogens with zero attached hydrogens (tertiary/aromatic N) is 3. The third kappa shape index (κ3) is 5.13. The second kappa shape index (κ2) is 12.6. The average molecular weight is 702 g/mol. The predicted molar refractivity (Wildman–Crippen MR) is 233 cm³/mol. The highest BCUT2D eigenvalue weighted by atomic mass is 15.1. The topological polar surface area (TPSA) is 13.1 Å². The molecule has 0 fully saturated rings. The zero-order chi connectivity index (χ0) is 36.3. The third-order valence-electron chi connectivity index (χ3n) is 11.1. The molecular weight excluding hydrogens is 667 g/mol. The van der Waals surface area contributed by atoms with E-state index in [1.165, 1.54) is 65.5 Å². The first-order chi connectivity index (χ1) is 27.3. The molecular formula is C52H35N3. The number of benzene rings is 9. The number of fused-ring (bicyclic) bond motifs is 7. The van der Waals surface area contributed by atoms with E-state index in [4.69, 9.17) is 0 Å². The minimum Gasteiger partial charge on any atom is -0.310 e. The van der Waals surface area contributed by atoms with Crippen molar-refractivity contribution in [3.05, 3.63) is 212 Å². The van der Waals surface area contributed by atoms with Crippen molar-refractivity contribution in [2.75, 3.05) is 4.90 Å². The molecule has 3 nitrogen and oxygen atoms in total. The summed E-state index contributed by atoms with van der Waals surface area (Å²) >= 11 is 0. The summed E-state index contributed by atoms with van der Waals surface area (Å²) in [6.45, 7) is 0. The Hall–Kier alpha value is -7.36. The maximum Gasteiger partial charge on any atom is 0.0541 e. The van der Waals surface area contributed by atoms with Crippen molar-refractivity contribution in [1.82, 2.24) is 9.13 Å². The van der Waals surface area contributed by atoms with Gasteiger partial charge >= 0.3 is 0 Å². The zero-order valence-corrected chi connectivity index (χ0v) is 30.0. The molecule has 0 aliphatic rings. The minimum absolute atomic E-state index is 1.09. The van der Waals surface area contributed by atoms with Gasteiger partial charge in [0.25, 0.3) is 0 Å². The van der Waals surface area contributed by atoms with Gasteiger partial charge in [0.2, 0.25) is 0 Å². The molecule has 0 spiro atoms. The largest absolute Gasteiger partial charge is 0.310 e. The summed E-state index contributed by atoms with van der Waals surface area (Å²) in [4.78, 5) is 2.37. The van der Waals surface area contributed by atoms with Crippen molar-refractivity contribution in [1.29, 1.82) is 0 Å². The van der Waals surface area contributed by atoms with Gasteiger partial charge in [0.15, 0.2) is 0 Å². The van der Waals surface area contributed by atoms with Gasteiger partial charge in [0.05, 0.1) is 22.1 Å². The Morgan fingerprint density at radius 2 is 0.727 bits per heavy atom. The SMILES string of the molecule is c1cc(N(c2ccc(-c3ccc4ccccc4c3)cc2)c2ccc(-n3c4ccccc4c4ccccc43)cc2)cc(-n2c3ccccc3c3ccccc32)c1. The number of aromatic nitrogens is 2. The van der Waals surface area contributed by atoms with Gasteiger partial charge in [-0.05, 0) is 107 Å². The van der Waals surface area contributed by atoms with Crippen LogP contribution >= 0.6 is 0 Å². The molecule has 2 aromatic heterocycles. The van der Waals surface area contributed by atoms with E-state index >= 15 is 0 Å². The predicted octanol–water partition coefficient (Wildman–Crippen LogP) is 14.2. The minimum atomic E-state index is 1.09. The molecule has 9 aromatic carbocycles. The second-order valence-electron chi connectivity index (χ2n) is 14.2. The van der Waals surface area contributed by atoms with Crippen LogP contribution in [0.25, 0.3) is 76.9 Å². The molecule has 0 radical (unpaired) electrons. The van der Waals surface area contributed by atoms with Crippen LogP contribution in [0.15, 0.2) is 212 Å². The van der Waals surface area contributed by atoms with Gasteiger partial charge in [-0.3, -0.25) is 0 Å². The number of hydrogen-bond acceptors (Lipinski definition) is 1. The van der Waals surface area contributed by atoms with Crippen molar-refractivity contribution in [2.45, 2.75) is 0 Å². The molecule has 0 saturated carbocycles. The first kappa shape index (κ1) is 31.2. The van der Waals surface area contributed by atoms with Gasteiger partial charge in [0.1, 0.15) is 0 Å². The van der Waals surface area contributed by atoms with E-state index in [1.807, 2.05) is 0 Å². The third-order valence-corrected chi connectivity index (χ3v) is 11.1. The molecule has 2 heterocycles. The summed E-state index contributed by atoms with van der Waals surface area (Å²) in [5.74, 6) is 0. The van der Waals surface area contributed by atoms with Crippen LogP contribution in [-0.2, 0) is 0 Å². The average Bonchev–Trinajstić information content (AvgIpc) is 3.77. The second-order valence-corrected chi connectivity index (χ2v) is 14.2. The van der Waals surface area contributed by atoms with E-state index in [0.29, 0.717) is 0 Å². The number of hydrogen-bond donors (Lipinski definition) is 0. The Kier molecular flexibility index (Phi) is 7.17. The lowest BCUT2D eigenvalue weighted by Crippen LogP contribution is -2.10. The summed E-state index contributed by atoms with van der Waals surface area (Å²) < 4.78 is 4.76. The molecule has 0 N–H and O–H groups in total. The molecule has 0 amide bonds. The van der Waals surface area contributed by atoms with E-state index in [-0.39, 0.29) is 0 Å². The van der Waals surface area contributed by atoms with Crippen LogP contribution < -0.4 is 4.90 Å². The molecule has 55 heavy (non-hydrogen) atoms. The van der Waals surface area contributed by atoms with Gasteiger partial charge in [-0.25, -0.2) is 0 Å². The lowest BCUT2D eigenvalue weighted by Gasteiger charge is -2.27. The molecule has 258 valence electrons. The lowest BCUT2D eigenvalue weighted by atomic mass is 10.0. The summed E-state index contributed by atoms with van der Waals surface area (Å²) in [5.41, 5.74) is 12.7. The molecule has 11 rings (SSSR count). The van der Waals surface area contributed by atoms with Crippen LogP contribution in [0.5, 0.6) is 0 Å². The molecule has 0 aliphatic carbocycles. The van der Waals surface area contributed by atoms with E-state index in [1.54, 1.807) is 0 Å². The number of rotatable bonds is 6. The molecule has 0 bridgehead atoms. The van der Waals surface area contributed by atoms with Gasteiger partial charge in [-0.1, -0.05) is 127 Å². The Morgan fingerprint density at radius 3 is 1.29 bits per heavy atom. The fraction of sp³-hybridized carbons (Fsp3) is 0. The molecule has 3 heteroatoms. The van der Waals surface area contributed by atoms with E-state index < -0.39 is 0 Å². The summed E-state index contributed by atoms with van der Waals surface area (Å²) in [5, 5.41) is 7.53. The number of anilines is 3. The van der Waals surface area contributed by atoms with E-state index in [2.05, 4.69) is 226 Å². The summed E-state index contributed by atoms with van der Waals surface area (Å²) in [6, 6.07) is 77.0. The highest BCUT2D eigenvalue weighted by Crippen LogP contribution is 2.40. The first-order valence-corrected chi connectivity index (χ1v) is 18.9. The quantitative estimate of drug-likeness (QED) is 0.168. The smallest absolute Gasteiger partial charge is 0.0541 e. The van der Waals surface area contributed by atoms with Gasteiger partial charge in [-0.2, -0.15) is 0 Å². The van der Waals surface area contributed by atoms with E-state index in [9.17, 15) is 0 Å². The Bertz CT molecular complexity index is 3090. The van der Waals surface area contributed by atoms with Gasteiger partial charge in [0, 0.05) is 50.0 Å². The van der Waals surface area contributed by atoms with Crippen molar-refractivity contribution in [3.63, 3.8) is 0 Å². The monoisotopic (exact) mass is 701 g/mol. The van der Waals surface area contributed by atoms with Crippen LogP contribution in [0, 0.1) is 0 Å². The van der Waals surface area contributed by atoms with Crippen molar-refractivity contribution in [2.24, 2.45) is 0 Å². The van der Waals surface area contributed by atoms with Crippen LogP contribution in [0.3, 0.4) is 0 Å². The maximum absolute atomic E-state index is 2.39. The maximum atomic E-state index is 2.39. The number of para-hydroxylation sites is 4. The first-order valence-electron chi connectivity index (χ1n) is 18.9. The Labute approximate surface area is 319 Å². The highest BCUT2D eigenvalue weighted by molar-refractivity contribution is 6.10. The van der Waals surface area contributed by atoms with Gasteiger partial charge in [-0.15, -0.1) is 0 Å². The Balaban J connectivity index is 1.06. The summed E-state index contributed by atoms with van der Waals surface area (Å²) in [6.07, 6.45) is 0. The highest BCUT2D eigenvalue weighted by Gasteiger charge is 2.18. The van der Waals surface area contributed by atoms with Crippen LogP contribution in [0.2, 0.25) is 0 Å². The molecule has 11 aromatic rings. The van der Waals surface area contributed by atoms with Crippen molar-refractivity contribution >= 4 is 71.4 Å². The van der Waals surface area contributed by atoms with Crippen LogP contribution in [-0.4, -0.2) is 9.13 Å². The van der Waals surface area contributed by atoms with Crippen LogP contribution in [0.4, 0.5) is 17.1 Å². The fourth-order valence-electron chi connectivity index (χ4n) is 8.54. The van der Waals surface area contributed by atoms with Crippen molar-refractivity contribution < 1.29 is 0 Å². The normalized spacial score (nSPS) is 11.6. The zero-order valence-electron chi connectivity index (χ0n) is 30.0.